The molecule has 3 aromatic rings. The summed E-state index contributed by atoms with van der Waals surface area (Å²) in [6, 6.07) is 12.9. The number of hydrogen-bond donors (Lipinski definition) is 2. The monoisotopic (exact) mass is 462 g/mol. The molecule has 0 amide bonds. The number of nitrogens with two attached hydrogens (primary N) is 1. The molecule has 1 heterocycles. The van der Waals surface area contributed by atoms with E-state index in [0.717, 1.165) is 11.1 Å². The molecule has 0 unspecified atom stereocenters. The van der Waals surface area contributed by atoms with Crippen LogP contribution in [0, 0.1) is 6.92 Å². The fraction of sp³-hybridized carbons (Fsp3) is 0.118. The minimum Gasteiger partial charge on any atom is -0.489 e. The van der Waals surface area contributed by atoms with Crippen LogP contribution in [0.25, 0.3) is 0 Å². The summed E-state index contributed by atoms with van der Waals surface area (Å²) in [4.78, 5) is 0. The molecule has 0 aliphatic carbocycles. The van der Waals surface area contributed by atoms with Crippen molar-refractivity contribution < 1.29 is 4.74 Å². The number of aromatic nitrogens is 3. The van der Waals surface area contributed by atoms with Gasteiger partial charge in [-0.1, -0.05) is 41.4 Å². The van der Waals surface area contributed by atoms with Crippen molar-refractivity contribution in [2.75, 3.05) is 11.3 Å². The Hall–Kier alpha value is -2.19. The van der Waals surface area contributed by atoms with Gasteiger partial charge in [-0.05, 0) is 42.3 Å². The molecule has 2 aromatic carbocycles. The highest BCUT2D eigenvalue weighted by atomic mass is 35.5. The van der Waals surface area contributed by atoms with Crippen LogP contribution < -0.4 is 16.0 Å². The number of hydrogen-bond acceptors (Lipinski definition) is 6. The molecule has 28 heavy (non-hydrogen) atoms. The topological polar surface area (TPSA) is 90.4 Å². The fourth-order valence-electron chi connectivity index (χ4n) is 2.09. The number of benzene rings is 2. The Morgan fingerprint density at radius 3 is 2.61 bits per heavy atom. The van der Waals surface area contributed by atoms with Crippen LogP contribution in [0.1, 0.15) is 17.0 Å². The predicted molar refractivity (Wildman–Crippen MR) is 118 cm³/mol. The normalized spacial score (nSPS) is 10.2. The lowest BCUT2D eigenvalue weighted by molar-refractivity contribution is 0.306. The molecule has 0 fully saturated rings. The van der Waals surface area contributed by atoms with Gasteiger partial charge < -0.3 is 10.6 Å². The Morgan fingerprint density at radius 1 is 1.14 bits per heavy atom. The number of halogens is 4. The van der Waals surface area contributed by atoms with Gasteiger partial charge in [0.25, 0.3) is 5.95 Å². The minimum absolute atomic E-state index is 0. The van der Waals surface area contributed by atoms with Crippen molar-refractivity contribution in [1.82, 2.24) is 14.9 Å². The number of rotatable bonds is 6. The lowest BCUT2D eigenvalue weighted by Gasteiger charge is -2.08. The van der Waals surface area contributed by atoms with Crippen molar-refractivity contribution in [2.45, 2.75) is 13.5 Å². The molecule has 1 aromatic heterocycles. The molecule has 0 saturated heterocycles. The molecule has 0 atom stereocenters. The first-order valence-electron chi connectivity index (χ1n) is 7.66. The zero-order chi connectivity index (χ0) is 18.5. The molecule has 0 spiro atoms. The van der Waals surface area contributed by atoms with E-state index in [9.17, 15) is 0 Å². The molecule has 150 valence electrons. The van der Waals surface area contributed by atoms with Crippen molar-refractivity contribution in [3.63, 3.8) is 0 Å². The van der Waals surface area contributed by atoms with E-state index >= 15 is 0 Å². The van der Waals surface area contributed by atoms with Gasteiger partial charge >= 0.3 is 0 Å². The first-order chi connectivity index (χ1) is 12.5. The van der Waals surface area contributed by atoms with Gasteiger partial charge in [0.1, 0.15) is 12.4 Å². The lowest BCUT2D eigenvalue weighted by atomic mass is 10.2. The molecule has 0 saturated carbocycles. The van der Waals surface area contributed by atoms with Crippen LogP contribution >= 0.6 is 48.0 Å². The van der Waals surface area contributed by atoms with E-state index in [0.29, 0.717) is 34.2 Å². The summed E-state index contributed by atoms with van der Waals surface area (Å²) in [6.07, 6.45) is 1.63. The second-order valence-corrected chi connectivity index (χ2v) is 6.23. The molecule has 7 nitrogen and oxygen atoms in total. The van der Waals surface area contributed by atoms with Crippen LogP contribution in [0.2, 0.25) is 10.0 Å². The number of aryl methyl sites for hydroxylation is 1. The third-order valence-electron chi connectivity index (χ3n) is 3.49. The van der Waals surface area contributed by atoms with E-state index in [1.807, 2.05) is 30.3 Å². The molecule has 3 N–H and O–H groups in total. The van der Waals surface area contributed by atoms with Crippen LogP contribution in [-0.4, -0.2) is 21.1 Å². The zero-order valence-electron chi connectivity index (χ0n) is 14.7. The number of nitrogens with one attached hydrogen (secondary N) is 1. The first kappa shape index (κ1) is 23.8. The van der Waals surface area contributed by atoms with Gasteiger partial charge in [-0.15, -0.1) is 35.0 Å². The van der Waals surface area contributed by atoms with Crippen LogP contribution in [0.15, 0.2) is 47.6 Å². The summed E-state index contributed by atoms with van der Waals surface area (Å²) in [7, 11) is 0. The minimum atomic E-state index is 0. The molecule has 0 aliphatic rings. The Kier molecular flexibility index (Phi) is 9.34. The fourth-order valence-corrected chi connectivity index (χ4v) is 2.41. The van der Waals surface area contributed by atoms with Crippen molar-refractivity contribution >= 4 is 60.2 Å². The number of nitrogen functional groups attached to an aromatic ring is 1. The van der Waals surface area contributed by atoms with Crippen molar-refractivity contribution in [1.29, 1.82) is 0 Å². The van der Waals surface area contributed by atoms with Gasteiger partial charge in [0, 0.05) is 0 Å². The maximum atomic E-state index is 6.01. The summed E-state index contributed by atoms with van der Waals surface area (Å²) in [5.74, 6) is 7.38. The van der Waals surface area contributed by atoms with Crippen LogP contribution in [-0.2, 0) is 6.61 Å². The summed E-state index contributed by atoms with van der Waals surface area (Å²) in [5.41, 5.74) is 4.52. The number of hydrazone groups is 1. The van der Waals surface area contributed by atoms with Crippen molar-refractivity contribution in [2.24, 2.45) is 5.10 Å². The first-order valence-corrected chi connectivity index (χ1v) is 8.41. The predicted octanol–water partition coefficient (Wildman–Crippen LogP) is 4.48. The maximum absolute atomic E-state index is 6.01. The third kappa shape index (κ3) is 6.17. The van der Waals surface area contributed by atoms with Gasteiger partial charge in [-0.3, -0.25) is 0 Å². The van der Waals surface area contributed by atoms with E-state index in [4.69, 9.17) is 33.8 Å². The van der Waals surface area contributed by atoms with Gasteiger partial charge in [0.05, 0.1) is 16.3 Å². The Morgan fingerprint density at radius 2 is 1.93 bits per heavy atom. The SMILES string of the molecule is Cc1nnc(N/N=C/c2cccc(OCc3ccc(Cl)c(Cl)c3)c2)n1N.Cl.Cl. The van der Waals surface area contributed by atoms with E-state index in [2.05, 4.69) is 20.7 Å². The Bertz CT molecular complexity index is 947. The van der Waals surface area contributed by atoms with Crippen LogP contribution in [0.4, 0.5) is 5.95 Å². The van der Waals surface area contributed by atoms with Gasteiger partial charge in [0.15, 0.2) is 5.82 Å². The number of nitrogens with zero attached hydrogens (tertiary/aromatic N) is 4. The van der Waals surface area contributed by atoms with Gasteiger partial charge in [-0.25, -0.2) is 10.1 Å². The molecule has 0 bridgehead atoms. The highest BCUT2D eigenvalue weighted by Crippen LogP contribution is 2.23. The number of anilines is 1. The van der Waals surface area contributed by atoms with Crippen LogP contribution in [0.5, 0.6) is 5.75 Å². The second kappa shape index (κ2) is 11.0. The highest BCUT2D eigenvalue weighted by molar-refractivity contribution is 6.42. The Balaban J connectivity index is 0.00000196. The maximum Gasteiger partial charge on any atom is 0.263 e. The molecular weight excluding hydrogens is 446 g/mol. The summed E-state index contributed by atoms with van der Waals surface area (Å²) in [5, 5.41) is 12.8. The molecule has 0 aliphatic heterocycles. The van der Waals surface area contributed by atoms with Gasteiger partial charge in [-0.2, -0.15) is 5.10 Å². The lowest BCUT2D eigenvalue weighted by Crippen LogP contribution is -2.13. The molecule has 11 heteroatoms. The summed E-state index contributed by atoms with van der Waals surface area (Å²) < 4.78 is 7.10. The largest absolute Gasteiger partial charge is 0.489 e. The molecular formula is C17H18Cl4N6O. The van der Waals surface area contributed by atoms with Crippen LogP contribution in [0.3, 0.4) is 0 Å². The smallest absolute Gasteiger partial charge is 0.263 e. The summed E-state index contributed by atoms with van der Waals surface area (Å²) in [6.45, 7) is 2.13. The van der Waals surface area contributed by atoms with E-state index in [-0.39, 0.29) is 24.8 Å². The average molecular weight is 464 g/mol. The molecule has 0 radical (unpaired) electrons. The van der Waals surface area contributed by atoms with E-state index in [1.165, 1.54) is 4.68 Å². The second-order valence-electron chi connectivity index (χ2n) is 5.42. The van der Waals surface area contributed by atoms with Crippen molar-refractivity contribution in [3.05, 3.63) is 69.5 Å². The summed E-state index contributed by atoms with van der Waals surface area (Å²) >= 11 is 11.9. The number of ether oxygens (including phenoxy) is 1. The third-order valence-corrected chi connectivity index (χ3v) is 4.23. The quantitative estimate of drug-likeness (QED) is 0.319. The Labute approximate surface area is 184 Å². The van der Waals surface area contributed by atoms with Crippen molar-refractivity contribution in [3.8, 4) is 5.75 Å². The zero-order valence-corrected chi connectivity index (χ0v) is 17.8. The molecule has 3 rings (SSSR count). The standard InChI is InChI=1S/C17H16Cl2N6O.2ClH/c1-11-22-24-17(25(11)20)23-21-9-12-3-2-4-14(7-12)26-10-13-5-6-15(18)16(19)8-13;;/h2-9H,10,20H2,1H3,(H,23,24);2*1H/b21-9+;;. The van der Waals surface area contributed by atoms with Gasteiger partial charge in [0.2, 0.25) is 0 Å². The average Bonchev–Trinajstić information content (AvgIpc) is 2.95. The highest BCUT2D eigenvalue weighted by Gasteiger charge is 2.03. The van der Waals surface area contributed by atoms with E-state index in [1.54, 1.807) is 25.3 Å². The van der Waals surface area contributed by atoms with E-state index < -0.39 is 0 Å².